The molecular formula is C14H19F3N2. The van der Waals surface area contributed by atoms with E-state index in [1.54, 1.807) is 12.1 Å². The van der Waals surface area contributed by atoms with Crippen LogP contribution >= 0.6 is 0 Å². The Morgan fingerprint density at radius 1 is 1.16 bits per heavy atom. The standard InChI is InChI=1S/C14H19F3N2/c15-14(16,17)12-5-3-11(4-6-12)13(8-9-18)7-1-2-10-19-13/h3-6,19H,1-2,7-10,18H2. The smallest absolute Gasteiger partial charge is 0.330 e. The summed E-state index contributed by atoms with van der Waals surface area (Å²) in [6, 6.07) is 5.47. The fourth-order valence-corrected chi connectivity index (χ4v) is 2.80. The molecule has 1 saturated heterocycles. The maximum atomic E-state index is 12.6. The van der Waals surface area contributed by atoms with E-state index in [1.165, 1.54) is 0 Å². The number of benzene rings is 1. The summed E-state index contributed by atoms with van der Waals surface area (Å²) in [6.07, 6.45) is -0.422. The van der Waals surface area contributed by atoms with Gasteiger partial charge in [0, 0.05) is 5.54 Å². The summed E-state index contributed by atoms with van der Waals surface area (Å²) in [5.41, 5.74) is 5.71. The zero-order valence-electron chi connectivity index (χ0n) is 10.8. The van der Waals surface area contributed by atoms with Crippen LogP contribution in [-0.2, 0) is 11.7 Å². The Morgan fingerprint density at radius 3 is 2.32 bits per heavy atom. The van der Waals surface area contributed by atoms with Gasteiger partial charge in [-0.05, 0) is 50.0 Å². The Balaban J connectivity index is 2.27. The van der Waals surface area contributed by atoms with Crippen molar-refractivity contribution >= 4 is 0 Å². The first-order chi connectivity index (χ1) is 8.98. The summed E-state index contributed by atoms with van der Waals surface area (Å²) in [6.45, 7) is 1.41. The highest BCUT2D eigenvalue weighted by molar-refractivity contribution is 5.30. The van der Waals surface area contributed by atoms with E-state index < -0.39 is 11.7 Å². The Hall–Kier alpha value is -1.07. The van der Waals surface area contributed by atoms with Gasteiger partial charge in [0.1, 0.15) is 0 Å². The molecule has 1 atom stereocenters. The molecular weight excluding hydrogens is 253 g/mol. The van der Waals surface area contributed by atoms with Gasteiger partial charge in [0.2, 0.25) is 0 Å². The van der Waals surface area contributed by atoms with Crippen molar-refractivity contribution in [3.8, 4) is 0 Å². The van der Waals surface area contributed by atoms with Gasteiger partial charge in [0.15, 0.2) is 0 Å². The minimum atomic E-state index is -4.28. The summed E-state index contributed by atoms with van der Waals surface area (Å²) >= 11 is 0. The molecule has 1 aliphatic heterocycles. The summed E-state index contributed by atoms with van der Waals surface area (Å²) in [5, 5.41) is 3.45. The van der Waals surface area contributed by atoms with E-state index in [4.69, 9.17) is 5.73 Å². The monoisotopic (exact) mass is 272 g/mol. The molecule has 106 valence electrons. The lowest BCUT2D eigenvalue weighted by atomic mass is 9.79. The summed E-state index contributed by atoms with van der Waals surface area (Å²) in [7, 11) is 0. The van der Waals surface area contributed by atoms with Gasteiger partial charge in [-0.1, -0.05) is 18.6 Å². The van der Waals surface area contributed by atoms with E-state index in [2.05, 4.69) is 5.32 Å². The largest absolute Gasteiger partial charge is 0.416 e. The zero-order chi connectivity index (χ0) is 13.9. The molecule has 0 saturated carbocycles. The van der Waals surface area contributed by atoms with Crippen LogP contribution in [0.5, 0.6) is 0 Å². The van der Waals surface area contributed by atoms with Crippen LogP contribution in [0.15, 0.2) is 24.3 Å². The van der Waals surface area contributed by atoms with Gasteiger partial charge in [-0.25, -0.2) is 0 Å². The van der Waals surface area contributed by atoms with Crippen molar-refractivity contribution in [2.75, 3.05) is 13.1 Å². The van der Waals surface area contributed by atoms with Gasteiger partial charge in [0.25, 0.3) is 0 Å². The van der Waals surface area contributed by atoms with Gasteiger partial charge in [-0.15, -0.1) is 0 Å². The third kappa shape index (κ3) is 3.09. The number of piperidine rings is 1. The van der Waals surface area contributed by atoms with E-state index >= 15 is 0 Å². The Kier molecular flexibility index (Phi) is 4.16. The minimum Gasteiger partial charge on any atom is -0.330 e. The maximum absolute atomic E-state index is 12.6. The summed E-state index contributed by atoms with van der Waals surface area (Å²) < 4.78 is 37.7. The van der Waals surface area contributed by atoms with Crippen molar-refractivity contribution in [1.82, 2.24) is 5.32 Å². The van der Waals surface area contributed by atoms with Gasteiger partial charge < -0.3 is 11.1 Å². The fraction of sp³-hybridized carbons (Fsp3) is 0.571. The first-order valence-electron chi connectivity index (χ1n) is 6.61. The van der Waals surface area contributed by atoms with E-state index in [9.17, 15) is 13.2 Å². The predicted molar refractivity (Wildman–Crippen MR) is 68.6 cm³/mol. The molecule has 1 aromatic carbocycles. The molecule has 0 aromatic heterocycles. The highest BCUT2D eigenvalue weighted by Crippen LogP contribution is 2.35. The average Bonchev–Trinajstić information content (AvgIpc) is 2.39. The Morgan fingerprint density at radius 2 is 1.84 bits per heavy atom. The maximum Gasteiger partial charge on any atom is 0.416 e. The molecule has 1 fully saturated rings. The number of alkyl halides is 3. The SMILES string of the molecule is NCCC1(c2ccc(C(F)(F)F)cc2)CCCCN1. The fourth-order valence-electron chi connectivity index (χ4n) is 2.80. The quantitative estimate of drug-likeness (QED) is 0.887. The van der Waals surface area contributed by atoms with Crippen molar-refractivity contribution in [3.05, 3.63) is 35.4 Å². The van der Waals surface area contributed by atoms with Gasteiger partial charge in [-0.2, -0.15) is 13.2 Å². The van der Waals surface area contributed by atoms with Crippen molar-refractivity contribution in [1.29, 1.82) is 0 Å². The molecule has 2 nitrogen and oxygen atoms in total. The second-order valence-electron chi connectivity index (χ2n) is 5.08. The van der Waals surface area contributed by atoms with Crippen LogP contribution in [0.3, 0.4) is 0 Å². The zero-order valence-corrected chi connectivity index (χ0v) is 10.8. The number of nitrogens with one attached hydrogen (secondary N) is 1. The number of hydrogen-bond donors (Lipinski definition) is 2. The van der Waals surface area contributed by atoms with Crippen LogP contribution in [-0.4, -0.2) is 13.1 Å². The van der Waals surface area contributed by atoms with Crippen LogP contribution in [0.2, 0.25) is 0 Å². The molecule has 0 amide bonds. The average molecular weight is 272 g/mol. The number of hydrogen-bond acceptors (Lipinski definition) is 2. The Labute approximate surface area is 111 Å². The molecule has 0 bridgehead atoms. The van der Waals surface area contributed by atoms with Crippen LogP contribution in [0, 0.1) is 0 Å². The predicted octanol–water partition coefficient (Wildman–Crippen LogP) is 3.02. The van der Waals surface area contributed by atoms with Crippen molar-refractivity contribution in [2.24, 2.45) is 5.73 Å². The molecule has 19 heavy (non-hydrogen) atoms. The molecule has 3 N–H and O–H groups in total. The van der Waals surface area contributed by atoms with Gasteiger partial charge >= 0.3 is 6.18 Å². The van der Waals surface area contributed by atoms with Crippen molar-refractivity contribution in [2.45, 2.75) is 37.4 Å². The lowest BCUT2D eigenvalue weighted by Crippen LogP contribution is -2.47. The topological polar surface area (TPSA) is 38.0 Å². The molecule has 1 aliphatic rings. The lowest BCUT2D eigenvalue weighted by Gasteiger charge is -2.39. The highest BCUT2D eigenvalue weighted by atomic mass is 19.4. The third-order valence-corrected chi connectivity index (χ3v) is 3.83. The highest BCUT2D eigenvalue weighted by Gasteiger charge is 2.34. The molecule has 2 rings (SSSR count). The molecule has 1 unspecified atom stereocenters. The van der Waals surface area contributed by atoms with E-state index in [-0.39, 0.29) is 5.54 Å². The minimum absolute atomic E-state index is 0.253. The molecule has 5 heteroatoms. The second kappa shape index (κ2) is 5.51. The number of rotatable bonds is 3. The molecule has 1 heterocycles. The van der Waals surface area contributed by atoms with Crippen molar-refractivity contribution in [3.63, 3.8) is 0 Å². The number of nitrogens with two attached hydrogens (primary N) is 1. The summed E-state index contributed by atoms with van der Waals surface area (Å²) in [5.74, 6) is 0. The molecule has 0 radical (unpaired) electrons. The van der Waals surface area contributed by atoms with Crippen LogP contribution in [0.1, 0.15) is 36.8 Å². The lowest BCUT2D eigenvalue weighted by molar-refractivity contribution is -0.137. The first-order valence-corrected chi connectivity index (χ1v) is 6.61. The van der Waals surface area contributed by atoms with Crippen LogP contribution in [0.25, 0.3) is 0 Å². The van der Waals surface area contributed by atoms with Gasteiger partial charge in [-0.3, -0.25) is 0 Å². The van der Waals surface area contributed by atoms with E-state index in [0.717, 1.165) is 49.9 Å². The van der Waals surface area contributed by atoms with Crippen molar-refractivity contribution < 1.29 is 13.2 Å². The second-order valence-corrected chi connectivity index (χ2v) is 5.08. The molecule has 0 spiro atoms. The summed E-state index contributed by atoms with van der Waals surface area (Å²) in [4.78, 5) is 0. The Bertz CT molecular complexity index is 400. The van der Waals surface area contributed by atoms with E-state index in [1.807, 2.05) is 0 Å². The third-order valence-electron chi connectivity index (χ3n) is 3.83. The molecule has 0 aliphatic carbocycles. The van der Waals surface area contributed by atoms with Gasteiger partial charge in [0.05, 0.1) is 5.56 Å². The molecule has 1 aromatic rings. The first kappa shape index (κ1) is 14.3. The normalized spacial score (nSPS) is 24.4. The van der Waals surface area contributed by atoms with Crippen LogP contribution < -0.4 is 11.1 Å². The van der Waals surface area contributed by atoms with E-state index in [0.29, 0.717) is 6.54 Å². The van der Waals surface area contributed by atoms with Crippen LogP contribution in [0.4, 0.5) is 13.2 Å². The number of halogens is 3.